The van der Waals surface area contributed by atoms with Crippen LogP contribution in [0.5, 0.6) is 0 Å². The van der Waals surface area contributed by atoms with Crippen LogP contribution in [-0.4, -0.2) is 35.5 Å². The molecule has 1 heterocycles. The Bertz CT molecular complexity index is 685. The van der Waals surface area contributed by atoms with Gasteiger partial charge in [-0.25, -0.2) is 4.98 Å². The summed E-state index contributed by atoms with van der Waals surface area (Å²) in [6.45, 7) is 5.79. The van der Waals surface area contributed by atoms with Crippen LogP contribution in [0.15, 0.2) is 42.5 Å². The van der Waals surface area contributed by atoms with Crippen molar-refractivity contribution in [2.45, 2.75) is 13.8 Å². The molecule has 0 aliphatic heterocycles. The molecule has 2 aromatic rings. The fourth-order valence-corrected chi connectivity index (χ4v) is 2.07. The highest BCUT2D eigenvalue weighted by atomic mass is 16.1. The minimum absolute atomic E-state index is 0.126. The quantitative estimate of drug-likeness (QED) is 0.513. The summed E-state index contributed by atoms with van der Waals surface area (Å²) in [6, 6.07) is 11.6. The Kier molecular flexibility index (Phi) is 6.76. The zero-order valence-corrected chi connectivity index (χ0v) is 14.0. The van der Waals surface area contributed by atoms with Crippen LogP contribution in [0.4, 0.5) is 11.8 Å². The second-order valence-electron chi connectivity index (χ2n) is 5.21. The van der Waals surface area contributed by atoms with Crippen molar-refractivity contribution in [1.29, 1.82) is 0 Å². The van der Waals surface area contributed by atoms with Crippen LogP contribution < -0.4 is 16.0 Å². The fraction of sp³-hybridized carbons (Fsp3) is 0.278. The molecule has 0 atom stereocenters. The third kappa shape index (κ3) is 6.08. The molecule has 1 aromatic heterocycles. The van der Waals surface area contributed by atoms with Gasteiger partial charge in [0.2, 0.25) is 11.9 Å². The molecule has 0 spiro atoms. The van der Waals surface area contributed by atoms with Gasteiger partial charge in [-0.05, 0) is 25.5 Å². The van der Waals surface area contributed by atoms with Gasteiger partial charge < -0.3 is 16.0 Å². The van der Waals surface area contributed by atoms with Gasteiger partial charge in [0, 0.05) is 37.5 Å². The number of rotatable bonds is 8. The standard InChI is InChI=1S/C18H23N5O/c1-3-19-16-13-14(2)22-18(23-16)21-12-11-20-17(24)10-9-15-7-5-4-6-8-15/h4-10,13H,3,11-12H2,1-2H3,(H,20,24)(H2,19,21,22,23)/b10-9+. The summed E-state index contributed by atoms with van der Waals surface area (Å²) in [5.41, 5.74) is 1.88. The summed E-state index contributed by atoms with van der Waals surface area (Å²) in [5.74, 6) is 1.22. The molecule has 3 N–H and O–H groups in total. The fourth-order valence-electron chi connectivity index (χ4n) is 2.07. The van der Waals surface area contributed by atoms with E-state index in [9.17, 15) is 4.79 Å². The van der Waals surface area contributed by atoms with Crippen molar-refractivity contribution < 1.29 is 4.79 Å². The second-order valence-corrected chi connectivity index (χ2v) is 5.21. The van der Waals surface area contributed by atoms with Crippen molar-refractivity contribution in [2.24, 2.45) is 0 Å². The van der Waals surface area contributed by atoms with E-state index < -0.39 is 0 Å². The molecule has 0 saturated carbocycles. The summed E-state index contributed by atoms with van der Waals surface area (Å²) in [7, 11) is 0. The maximum absolute atomic E-state index is 11.8. The normalized spacial score (nSPS) is 10.6. The number of aryl methyl sites for hydroxylation is 1. The van der Waals surface area contributed by atoms with Crippen molar-refractivity contribution in [1.82, 2.24) is 15.3 Å². The van der Waals surface area contributed by atoms with Crippen molar-refractivity contribution in [3.8, 4) is 0 Å². The average Bonchev–Trinajstić information content (AvgIpc) is 2.58. The molecule has 0 radical (unpaired) electrons. The van der Waals surface area contributed by atoms with Gasteiger partial charge in [-0.3, -0.25) is 4.79 Å². The van der Waals surface area contributed by atoms with E-state index in [0.29, 0.717) is 19.0 Å². The first-order chi connectivity index (χ1) is 11.7. The number of carbonyl (C=O) groups is 1. The molecule has 1 amide bonds. The monoisotopic (exact) mass is 325 g/mol. The molecular weight excluding hydrogens is 302 g/mol. The summed E-state index contributed by atoms with van der Waals surface area (Å²) in [6.07, 6.45) is 3.32. The first-order valence-corrected chi connectivity index (χ1v) is 8.02. The molecule has 126 valence electrons. The first-order valence-electron chi connectivity index (χ1n) is 8.02. The highest BCUT2D eigenvalue weighted by Crippen LogP contribution is 2.08. The predicted molar refractivity (Wildman–Crippen MR) is 97.9 cm³/mol. The molecule has 1 aromatic carbocycles. The second kappa shape index (κ2) is 9.29. The smallest absolute Gasteiger partial charge is 0.244 e. The summed E-state index contributed by atoms with van der Waals surface area (Å²) in [4.78, 5) is 20.4. The Hall–Kier alpha value is -2.89. The van der Waals surface area contributed by atoms with Crippen molar-refractivity contribution in [2.75, 3.05) is 30.3 Å². The Morgan fingerprint density at radius 1 is 1.12 bits per heavy atom. The Balaban J connectivity index is 1.74. The molecule has 0 fully saturated rings. The van der Waals surface area contributed by atoms with Crippen LogP contribution >= 0.6 is 0 Å². The van der Waals surface area contributed by atoms with Gasteiger partial charge in [-0.2, -0.15) is 4.98 Å². The number of amides is 1. The molecule has 6 nitrogen and oxygen atoms in total. The van der Waals surface area contributed by atoms with Gasteiger partial charge in [-0.1, -0.05) is 30.3 Å². The zero-order chi connectivity index (χ0) is 17.2. The van der Waals surface area contributed by atoms with E-state index in [1.54, 1.807) is 6.08 Å². The van der Waals surface area contributed by atoms with E-state index in [4.69, 9.17) is 0 Å². The van der Waals surface area contributed by atoms with Crippen LogP contribution in [0.1, 0.15) is 18.2 Å². The number of hydrogen-bond acceptors (Lipinski definition) is 5. The number of nitrogens with zero attached hydrogens (tertiary/aromatic N) is 2. The number of anilines is 2. The molecule has 2 rings (SSSR count). The average molecular weight is 325 g/mol. The van der Waals surface area contributed by atoms with Gasteiger partial charge in [0.25, 0.3) is 0 Å². The van der Waals surface area contributed by atoms with Gasteiger partial charge in [0.15, 0.2) is 0 Å². The third-order valence-corrected chi connectivity index (χ3v) is 3.15. The van der Waals surface area contributed by atoms with Crippen molar-refractivity contribution in [3.05, 3.63) is 53.7 Å². The van der Waals surface area contributed by atoms with E-state index in [-0.39, 0.29) is 5.91 Å². The lowest BCUT2D eigenvalue weighted by molar-refractivity contribution is -0.116. The Morgan fingerprint density at radius 3 is 2.67 bits per heavy atom. The van der Waals surface area contributed by atoms with Crippen LogP contribution in [0, 0.1) is 6.92 Å². The maximum atomic E-state index is 11.8. The topological polar surface area (TPSA) is 78.9 Å². The van der Waals surface area contributed by atoms with Crippen molar-refractivity contribution >= 4 is 23.7 Å². The Labute approximate surface area is 142 Å². The lowest BCUT2D eigenvalue weighted by Crippen LogP contribution is -2.27. The highest BCUT2D eigenvalue weighted by molar-refractivity contribution is 5.91. The van der Waals surface area contributed by atoms with Gasteiger partial charge in [-0.15, -0.1) is 0 Å². The number of benzene rings is 1. The lowest BCUT2D eigenvalue weighted by atomic mass is 10.2. The van der Waals surface area contributed by atoms with E-state index in [0.717, 1.165) is 23.6 Å². The third-order valence-electron chi connectivity index (χ3n) is 3.15. The summed E-state index contributed by atoms with van der Waals surface area (Å²) >= 11 is 0. The number of hydrogen-bond donors (Lipinski definition) is 3. The van der Waals surface area contributed by atoms with E-state index in [1.165, 1.54) is 6.08 Å². The molecule has 0 unspecified atom stereocenters. The van der Waals surface area contributed by atoms with Crippen LogP contribution in [0.2, 0.25) is 0 Å². The number of carbonyl (C=O) groups excluding carboxylic acids is 1. The van der Waals surface area contributed by atoms with E-state index >= 15 is 0 Å². The molecule has 24 heavy (non-hydrogen) atoms. The van der Waals surface area contributed by atoms with Crippen LogP contribution in [-0.2, 0) is 4.79 Å². The van der Waals surface area contributed by atoms with Gasteiger partial charge in [0.1, 0.15) is 5.82 Å². The summed E-state index contributed by atoms with van der Waals surface area (Å²) in [5, 5.41) is 9.09. The molecule has 0 aliphatic rings. The number of aromatic nitrogens is 2. The SMILES string of the molecule is CCNc1cc(C)nc(NCCNC(=O)/C=C/c2ccccc2)n1. The minimum Gasteiger partial charge on any atom is -0.370 e. The van der Waals surface area contributed by atoms with E-state index in [2.05, 4.69) is 25.9 Å². The largest absolute Gasteiger partial charge is 0.370 e. The zero-order valence-electron chi connectivity index (χ0n) is 14.0. The lowest BCUT2D eigenvalue weighted by Gasteiger charge is -2.09. The Morgan fingerprint density at radius 2 is 1.92 bits per heavy atom. The molecular formula is C18H23N5O. The predicted octanol–water partition coefficient (Wildman–Crippen LogP) is 2.46. The van der Waals surface area contributed by atoms with Gasteiger partial charge in [0.05, 0.1) is 0 Å². The van der Waals surface area contributed by atoms with E-state index in [1.807, 2.05) is 50.2 Å². The van der Waals surface area contributed by atoms with Crippen molar-refractivity contribution in [3.63, 3.8) is 0 Å². The summed E-state index contributed by atoms with van der Waals surface area (Å²) < 4.78 is 0. The maximum Gasteiger partial charge on any atom is 0.244 e. The van der Waals surface area contributed by atoms with Crippen LogP contribution in [0.3, 0.4) is 0 Å². The highest BCUT2D eigenvalue weighted by Gasteiger charge is 2.01. The first kappa shape index (κ1) is 17.5. The van der Waals surface area contributed by atoms with Gasteiger partial charge >= 0.3 is 0 Å². The molecule has 0 aliphatic carbocycles. The number of nitrogens with one attached hydrogen (secondary N) is 3. The minimum atomic E-state index is -0.126. The van der Waals surface area contributed by atoms with Crippen LogP contribution in [0.25, 0.3) is 6.08 Å². The molecule has 0 bridgehead atoms. The molecule has 0 saturated heterocycles. The molecule has 6 heteroatoms.